The van der Waals surface area contributed by atoms with Gasteiger partial charge in [0.25, 0.3) is 10.0 Å². The fraction of sp³-hybridized carbons (Fsp3) is 0.0714. The number of hydrogen-bond acceptors (Lipinski definition) is 4. The Bertz CT molecular complexity index is 771. The van der Waals surface area contributed by atoms with Gasteiger partial charge in [-0.15, -0.1) is 0 Å². The summed E-state index contributed by atoms with van der Waals surface area (Å²) in [6, 6.07) is 10.9. The van der Waals surface area contributed by atoms with E-state index in [-0.39, 0.29) is 15.7 Å². The summed E-state index contributed by atoms with van der Waals surface area (Å²) in [6.07, 6.45) is 1.30. The molecule has 0 fully saturated rings. The zero-order valence-corrected chi connectivity index (χ0v) is 12.7. The van der Waals surface area contributed by atoms with Crippen LogP contribution in [0, 0.1) is 6.92 Å². The quantitative estimate of drug-likeness (QED) is 0.670. The third-order valence-corrected chi connectivity index (χ3v) is 4.23. The molecule has 0 amide bonds. The Hall–Kier alpha value is -2.05. The van der Waals surface area contributed by atoms with E-state index in [0.29, 0.717) is 5.56 Å². The van der Waals surface area contributed by atoms with E-state index in [0.717, 1.165) is 5.56 Å². The van der Waals surface area contributed by atoms with E-state index in [1.165, 1.54) is 30.5 Å². The highest BCUT2D eigenvalue weighted by molar-refractivity contribution is 7.89. The first kappa shape index (κ1) is 15.3. The summed E-state index contributed by atoms with van der Waals surface area (Å²) in [5.74, 6) is -0.0472. The van der Waals surface area contributed by atoms with Crippen molar-refractivity contribution in [2.24, 2.45) is 5.10 Å². The Morgan fingerprint density at radius 1 is 1.19 bits per heavy atom. The van der Waals surface area contributed by atoms with Gasteiger partial charge in [-0.2, -0.15) is 13.5 Å². The minimum absolute atomic E-state index is 0.0472. The van der Waals surface area contributed by atoms with E-state index in [9.17, 15) is 13.5 Å². The molecule has 0 saturated heterocycles. The predicted molar refractivity (Wildman–Crippen MR) is 82.2 cm³/mol. The van der Waals surface area contributed by atoms with Gasteiger partial charge in [0.2, 0.25) is 0 Å². The Morgan fingerprint density at radius 3 is 2.48 bits per heavy atom. The fourth-order valence-electron chi connectivity index (χ4n) is 1.54. The van der Waals surface area contributed by atoms with E-state index < -0.39 is 10.0 Å². The van der Waals surface area contributed by atoms with Gasteiger partial charge in [-0.3, -0.25) is 0 Å². The molecule has 2 aromatic carbocycles. The molecule has 0 unspecified atom stereocenters. The topological polar surface area (TPSA) is 78.8 Å². The lowest BCUT2D eigenvalue weighted by molar-refractivity contribution is 0.475. The van der Waals surface area contributed by atoms with Gasteiger partial charge in [-0.1, -0.05) is 29.3 Å². The van der Waals surface area contributed by atoms with Gasteiger partial charge in [0.05, 0.1) is 16.1 Å². The third kappa shape index (κ3) is 3.96. The third-order valence-electron chi connectivity index (χ3n) is 2.69. The van der Waals surface area contributed by atoms with Crippen molar-refractivity contribution in [1.29, 1.82) is 0 Å². The number of nitrogens with zero attached hydrogens (tertiary/aromatic N) is 1. The molecule has 0 bridgehead atoms. The van der Waals surface area contributed by atoms with E-state index in [4.69, 9.17) is 11.6 Å². The van der Waals surface area contributed by atoms with Crippen molar-refractivity contribution in [2.75, 3.05) is 0 Å². The number of sulfonamides is 1. The number of hydrogen-bond donors (Lipinski definition) is 2. The Kier molecular flexibility index (Phi) is 4.50. The molecule has 0 aliphatic rings. The number of phenols is 1. The lowest BCUT2D eigenvalue weighted by Gasteiger charge is -2.03. The van der Waals surface area contributed by atoms with Crippen LogP contribution in [0.5, 0.6) is 5.75 Å². The molecule has 110 valence electrons. The van der Waals surface area contributed by atoms with Crippen LogP contribution in [0.2, 0.25) is 5.02 Å². The van der Waals surface area contributed by atoms with Crippen LogP contribution in [0.3, 0.4) is 0 Å². The predicted octanol–water partition coefficient (Wildman–Crippen LogP) is 2.67. The smallest absolute Gasteiger partial charge is 0.276 e. The molecule has 0 radical (unpaired) electrons. The van der Waals surface area contributed by atoms with Crippen LogP contribution in [-0.4, -0.2) is 19.7 Å². The highest BCUT2D eigenvalue weighted by Crippen LogP contribution is 2.22. The van der Waals surface area contributed by atoms with Crippen molar-refractivity contribution in [3.05, 3.63) is 58.6 Å². The summed E-state index contributed by atoms with van der Waals surface area (Å²) >= 11 is 5.74. The minimum atomic E-state index is -3.70. The lowest BCUT2D eigenvalue weighted by Crippen LogP contribution is -2.18. The van der Waals surface area contributed by atoms with Gasteiger partial charge in [0.15, 0.2) is 0 Å². The fourth-order valence-corrected chi connectivity index (χ4v) is 2.52. The van der Waals surface area contributed by atoms with E-state index in [1.54, 1.807) is 18.2 Å². The number of hydrazone groups is 1. The second-order valence-corrected chi connectivity index (χ2v) is 6.44. The molecule has 2 aromatic rings. The first-order valence-corrected chi connectivity index (χ1v) is 7.85. The van der Waals surface area contributed by atoms with Crippen molar-refractivity contribution in [3.8, 4) is 5.75 Å². The zero-order valence-electron chi connectivity index (χ0n) is 11.1. The molecule has 0 aliphatic carbocycles. The summed E-state index contributed by atoms with van der Waals surface area (Å²) < 4.78 is 23.9. The molecule has 0 aliphatic heterocycles. The molecule has 2 rings (SSSR count). The highest BCUT2D eigenvalue weighted by Gasteiger charge is 2.11. The maximum atomic E-state index is 12.0. The Morgan fingerprint density at radius 2 is 1.86 bits per heavy atom. The van der Waals surface area contributed by atoms with Crippen molar-refractivity contribution >= 4 is 27.8 Å². The number of nitrogens with one attached hydrogen (secondary N) is 1. The molecule has 5 nitrogen and oxygen atoms in total. The Labute approximate surface area is 127 Å². The van der Waals surface area contributed by atoms with E-state index in [2.05, 4.69) is 9.93 Å². The van der Waals surface area contributed by atoms with Crippen molar-refractivity contribution in [3.63, 3.8) is 0 Å². The average Bonchev–Trinajstić information content (AvgIpc) is 2.43. The number of aryl methyl sites for hydroxylation is 1. The Balaban J connectivity index is 2.12. The summed E-state index contributed by atoms with van der Waals surface area (Å²) in [4.78, 5) is 2.25. The number of aromatic hydroxyl groups is 1. The van der Waals surface area contributed by atoms with Crippen LogP contribution in [0.4, 0.5) is 0 Å². The first-order chi connectivity index (χ1) is 9.88. The number of rotatable bonds is 4. The van der Waals surface area contributed by atoms with Crippen LogP contribution in [0.15, 0.2) is 52.5 Å². The SMILES string of the molecule is Cc1ccc(S(=O)(=O)N/N=C/c2ccc(O)c(Cl)c2)cc1. The summed E-state index contributed by atoms with van der Waals surface area (Å²) in [7, 11) is -3.70. The molecule has 0 aromatic heterocycles. The molecular formula is C14H13ClN2O3S. The molecular weight excluding hydrogens is 312 g/mol. The largest absolute Gasteiger partial charge is 0.506 e. The van der Waals surface area contributed by atoms with Crippen LogP contribution < -0.4 is 4.83 Å². The number of halogens is 1. The number of benzene rings is 2. The van der Waals surface area contributed by atoms with E-state index in [1.807, 2.05) is 6.92 Å². The molecule has 21 heavy (non-hydrogen) atoms. The number of phenolic OH excluding ortho intramolecular Hbond substituents is 1. The molecule has 0 saturated carbocycles. The van der Waals surface area contributed by atoms with E-state index >= 15 is 0 Å². The lowest BCUT2D eigenvalue weighted by atomic mass is 10.2. The molecule has 7 heteroatoms. The second-order valence-electron chi connectivity index (χ2n) is 4.38. The maximum absolute atomic E-state index is 12.0. The molecule has 0 heterocycles. The maximum Gasteiger partial charge on any atom is 0.276 e. The summed E-state index contributed by atoms with van der Waals surface area (Å²) in [5.41, 5.74) is 1.53. The first-order valence-electron chi connectivity index (χ1n) is 5.98. The summed E-state index contributed by atoms with van der Waals surface area (Å²) in [5, 5.41) is 13.1. The standard InChI is InChI=1S/C14H13ClN2O3S/c1-10-2-5-12(6-3-10)21(19,20)17-16-9-11-4-7-14(18)13(15)8-11/h2-9,17-18H,1H3/b16-9+. The van der Waals surface area contributed by atoms with Gasteiger partial charge >= 0.3 is 0 Å². The summed E-state index contributed by atoms with van der Waals surface area (Å²) in [6.45, 7) is 1.87. The average molecular weight is 325 g/mol. The van der Waals surface area contributed by atoms with Gasteiger partial charge in [0.1, 0.15) is 5.75 Å². The van der Waals surface area contributed by atoms with Crippen LogP contribution in [0.25, 0.3) is 0 Å². The normalized spacial score (nSPS) is 11.7. The zero-order chi connectivity index (χ0) is 15.5. The molecule has 0 spiro atoms. The van der Waals surface area contributed by atoms with Gasteiger partial charge in [-0.05, 0) is 42.8 Å². The van der Waals surface area contributed by atoms with Crippen molar-refractivity contribution < 1.29 is 13.5 Å². The second kappa shape index (κ2) is 6.15. The monoisotopic (exact) mass is 324 g/mol. The van der Waals surface area contributed by atoms with Crippen molar-refractivity contribution in [1.82, 2.24) is 4.83 Å². The van der Waals surface area contributed by atoms with Gasteiger partial charge in [-0.25, -0.2) is 4.83 Å². The molecule has 2 N–H and O–H groups in total. The molecule has 0 atom stereocenters. The van der Waals surface area contributed by atoms with Gasteiger partial charge in [0, 0.05) is 0 Å². The highest BCUT2D eigenvalue weighted by atomic mass is 35.5. The van der Waals surface area contributed by atoms with Crippen LogP contribution in [0.1, 0.15) is 11.1 Å². The van der Waals surface area contributed by atoms with Crippen molar-refractivity contribution in [2.45, 2.75) is 11.8 Å². The minimum Gasteiger partial charge on any atom is -0.506 e. The van der Waals surface area contributed by atoms with Crippen LogP contribution >= 0.6 is 11.6 Å². The van der Waals surface area contributed by atoms with Crippen LogP contribution in [-0.2, 0) is 10.0 Å². The van der Waals surface area contributed by atoms with Gasteiger partial charge < -0.3 is 5.11 Å².